The first-order valence-corrected chi connectivity index (χ1v) is 10.9. The van der Waals surface area contributed by atoms with E-state index in [4.69, 9.17) is 10.6 Å². The number of alkyl halides is 2. The van der Waals surface area contributed by atoms with Gasteiger partial charge >= 0.3 is 6.61 Å². The van der Waals surface area contributed by atoms with Crippen LogP contribution in [0.25, 0.3) is 22.0 Å². The zero-order valence-electron chi connectivity index (χ0n) is 16.2. The minimum Gasteiger partial charge on any atom is -0.497 e. The van der Waals surface area contributed by atoms with Gasteiger partial charge < -0.3 is 15.3 Å². The number of benzene rings is 2. The minimum atomic E-state index is -2.87. The van der Waals surface area contributed by atoms with Crippen molar-refractivity contribution >= 4 is 23.1 Å². The minimum absolute atomic E-state index is 0.0619. The molecule has 7 nitrogen and oxygen atoms in total. The number of thiazole rings is 1. The monoisotopic (exact) mass is 461 g/mol. The molecule has 0 bridgehead atoms. The Morgan fingerprint density at radius 2 is 1.90 bits per heavy atom. The van der Waals surface area contributed by atoms with Gasteiger partial charge in [0, 0.05) is 22.3 Å². The zero-order valence-corrected chi connectivity index (χ0v) is 17.9. The number of thioether (sulfide) groups is 1. The third kappa shape index (κ3) is 4.94. The van der Waals surface area contributed by atoms with Gasteiger partial charge in [0.05, 0.1) is 12.8 Å². The molecule has 2 N–H and O–H groups in total. The van der Waals surface area contributed by atoms with Gasteiger partial charge in [-0.25, -0.2) is 9.66 Å². The highest BCUT2D eigenvalue weighted by molar-refractivity contribution is 7.98. The zero-order chi connectivity index (χ0) is 21.8. The first-order valence-electron chi connectivity index (χ1n) is 9.01. The third-order valence-corrected chi connectivity index (χ3v) is 6.14. The summed E-state index contributed by atoms with van der Waals surface area (Å²) < 4.78 is 35.6. The summed E-state index contributed by atoms with van der Waals surface area (Å²) in [5.74, 6) is 7.96. The molecule has 160 valence electrons. The predicted molar refractivity (Wildman–Crippen MR) is 116 cm³/mol. The van der Waals surface area contributed by atoms with Crippen LogP contribution < -0.4 is 15.3 Å². The molecule has 0 aliphatic heterocycles. The van der Waals surface area contributed by atoms with Crippen LogP contribution in [0.2, 0.25) is 0 Å². The maximum absolute atomic E-state index is 12.3. The van der Waals surface area contributed by atoms with Crippen LogP contribution in [0.5, 0.6) is 11.5 Å². The van der Waals surface area contributed by atoms with E-state index in [1.165, 1.54) is 28.6 Å². The lowest BCUT2D eigenvalue weighted by Gasteiger charge is -2.06. The SMILES string of the molecule is COc1cccc(-c2nc(CSc3nnc(-c4ccc(OC(F)F)cc4)n3N)cs2)c1. The molecule has 0 saturated carbocycles. The molecule has 11 heteroatoms. The predicted octanol–water partition coefficient (Wildman–Crippen LogP) is 4.68. The Balaban J connectivity index is 1.43. The van der Waals surface area contributed by atoms with Crippen molar-refractivity contribution in [2.45, 2.75) is 17.5 Å². The van der Waals surface area contributed by atoms with Crippen LogP contribution >= 0.6 is 23.1 Å². The average molecular weight is 462 g/mol. The van der Waals surface area contributed by atoms with Crippen molar-refractivity contribution in [1.82, 2.24) is 19.9 Å². The molecule has 0 radical (unpaired) electrons. The summed E-state index contributed by atoms with van der Waals surface area (Å²) in [6.07, 6.45) is 0. The number of hydrogen-bond donors (Lipinski definition) is 1. The smallest absolute Gasteiger partial charge is 0.387 e. The normalized spacial score (nSPS) is 11.1. The number of nitrogens with zero attached hydrogens (tertiary/aromatic N) is 4. The maximum Gasteiger partial charge on any atom is 0.387 e. The van der Waals surface area contributed by atoms with E-state index in [1.807, 2.05) is 29.6 Å². The fourth-order valence-corrected chi connectivity index (χ4v) is 4.43. The molecule has 4 aromatic rings. The second-order valence-electron chi connectivity index (χ2n) is 6.24. The number of hydrogen-bond acceptors (Lipinski definition) is 8. The molecule has 0 aliphatic rings. The van der Waals surface area contributed by atoms with Crippen LogP contribution in [0.15, 0.2) is 59.1 Å². The van der Waals surface area contributed by atoms with Crippen molar-refractivity contribution in [3.8, 4) is 33.5 Å². The number of aromatic nitrogens is 4. The Morgan fingerprint density at radius 1 is 1.10 bits per heavy atom. The second kappa shape index (κ2) is 9.31. The summed E-state index contributed by atoms with van der Waals surface area (Å²) in [5, 5.41) is 11.6. The van der Waals surface area contributed by atoms with Gasteiger partial charge in [0.15, 0.2) is 5.82 Å². The molecule has 0 aliphatic carbocycles. The van der Waals surface area contributed by atoms with Crippen LogP contribution in [0.3, 0.4) is 0 Å². The van der Waals surface area contributed by atoms with Crippen molar-refractivity contribution in [3.63, 3.8) is 0 Å². The van der Waals surface area contributed by atoms with Gasteiger partial charge in [0.1, 0.15) is 16.5 Å². The molecule has 2 aromatic heterocycles. The average Bonchev–Trinajstić information content (AvgIpc) is 3.39. The van der Waals surface area contributed by atoms with E-state index in [9.17, 15) is 8.78 Å². The van der Waals surface area contributed by atoms with Gasteiger partial charge in [-0.2, -0.15) is 8.78 Å². The van der Waals surface area contributed by atoms with E-state index in [2.05, 4.69) is 19.9 Å². The first-order chi connectivity index (χ1) is 15.0. The second-order valence-corrected chi connectivity index (χ2v) is 8.04. The molecule has 0 spiro atoms. The molecule has 0 fully saturated rings. The van der Waals surface area contributed by atoms with Crippen LogP contribution in [0, 0.1) is 0 Å². The Kier molecular flexibility index (Phi) is 6.33. The summed E-state index contributed by atoms with van der Waals surface area (Å²) in [5.41, 5.74) is 2.52. The fraction of sp³-hybridized carbons (Fsp3) is 0.150. The van der Waals surface area contributed by atoms with Gasteiger partial charge in [0.25, 0.3) is 0 Å². The molecular weight excluding hydrogens is 444 g/mol. The van der Waals surface area contributed by atoms with Crippen LogP contribution in [-0.4, -0.2) is 33.6 Å². The van der Waals surface area contributed by atoms with Gasteiger partial charge in [0.2, 0.25) is 5.16 Å². The highest BCUT2D eigenvalue weighted by atomic mass is 32.2. The van der Waals surface area contributed by atoms with Crippen LogP contribution in [0.4, 0.5) is 8.78 Å². The number of methoxy groups -OCH3 is 1. The van der Waals surface area contributed by atoms with Gasteiger partial charge in [-0.1, -0.05) is 23.9 Å². The summed E-state index contributed by atoms with van der Waals surface area (Å²) in [4.78, 5) is 4.67. The summed E-state index contributed by atoms with van der Waals surface area (Å²) in [6.45, 7) is -2.87. The maximum atomic E-state index is 12.3. The lowest BCUT2D eigenvalue weighted by molar-refractivity contribution is -0.0498. The topological polar surface area (TPSA) is 88.1 Å². The number of rotatable bonds is 8. The van der Waals surface area contributed by atoms with Gasteiger partial charge in [-0.15, -0.1) is 21.5 Å². The van der Waals surface area contributed by atoms with E-state index in [0.717, 1.165) is 22.0 Å². The summed E-state index contributed by atoms with van der Waals surface area (Å²) in [6, 6.07) is 13.8. The molecule has 0 unspecified atom stereocenters. The van der Waals surface area contributed by atoms with Crippen LogP contribution in [-0.2, 0) is 5.75 Å². The van der Waals surface area contributed by atoms with Crippen molar-refractivity contribution in [1.29, 1.82) is 0 Å². The van der Waals surface area contributed by atoms with Gasteiger partial charge in [-0.05, 0) is 36.4 Å². The fourth-order valence-electron chi connectivity index (χ4n) is 2.76. The Hall–Kier alpha value is -3.18. The quantitative estimate of drug-likeness (QED) is 0.301. The van der Waals surface area contributed by atoms with E-state index >= 15 is 0 Å². The number of ether oxygens (including phenoxy) is 2. The molecule has 4 rings (SSSR count). The van der Waals surface area contributed by atoms with Crippen molar-refractivity contribution in [2.24, 2.45) is 0 Å². The van der Waals surface area contributed by atoms with Crippen molar-refractivity contribution in [3.05, 3.63) is 59.6 Å². The molecular formula is C20H17F2N5O2S2. The number of halogens is 2. The molecule has 0 amide bonds. The standard InChI is InChI=1S/C20H17F2N5O2S2/c1-28-16-4-2-3-13(9-16)18-24-14(10-30-18)11-31-20-26-25-17(27(20)23)12-5-7-15(8-6-12)29-19(21)22/h2-10,19H,11,23H2,1H3. The summed E-state index contributed by atoms with van der Waals surface area (Å²) in [7, 11) is 1.63. The first kappa shape index (κ1) is 21.1. The Labute approximate surface area is 184 Å². The van der Waals surface area contributed by atoms with Crippen LogP contribution in [0.1, 0.15) is 5.69 Å². The van der Waals surface area contributed by atoms with E-state index in [1.54, 1.807) is 30.6 Å². The molecule has 0 atom stereocenters. The Bertz CT molecular complexity index is 1160. The van der Waals surface area contributed by atoms with E-state index < -0.39 is 6.61 Å². The largest absolute Gasteiger partial charge is 0.497 e. The Morgan fingerprint density at radius 3 is 2.65 bits per heavy atom. The third-order valence-electron chi connectivity index (χ3n) is 4.22. The lowest BCUT2D eigenvalue weighted by atomic mass is 10.2. The molecule has 0 saturated heterocycles. The molecule has 2 heterocycles. The highest BCUT2D eigenvalue weighted by Crippen LogP contribution is 2.30. The van der Waals surface area contributed by atoms with Crippen molar-refractivity contribution in [2.75, 3.05) is 13.0 Å². The molecule has 2 aromatic carbocycles. The van der Waals surface area contributed by atoms with E-state index in [0.29, 0.717) is 22.3 Å². The van der Waals surface area contributed by atoms with E-state index in [-0.39, 0.29) is 5.75 Å². The van der Waals surface area contributed by atoms with Gasteiger partial charge in [-0.3, -0.25) is 0 Å². The number of nitrogen functional groups attached to an aromatic ring is 1. The summed E-state index contributed by atoms with van der Waals surface area (Å²) >= 11 is 2.95. The van der Waals surface area contributed by atoms with Crippen molar-refractivity contribution < 1.29 is 18.3 Å². The number of nitrogens with two attached hydrogens (primary N) is 1. The highest BCUT2D eigenvalue weighted by Gasteiger charge is 2.14. The molecule has 31 heavy (non-hydrogen) atoms. The lowest BCUT2D eigenvalue weighted by Crippen LogP contribution is -2.11.